The number of carbonyl (C=O) groups is 3. The number of rotatable bonds is 6. The summed E-state index contributed by atoms with van der Waals surface area (Å²) in [5, 5.41) is 20.8. The van der Waals surface area contributed by atoms with E-state index in [1.807, 2.05) is 5.32 Å². The molecule has 0 fully saturated rings. The number of carboxylic acids is 2. The zero-order valence-corrected chi connectivity index (χ0v) is 12.4. The zero-order valence-electron chi connectivity index (χ0n) is 12.4. The number of amides is 1. The van der Waals surface area contributed by atoms with Gasteiger partial charge in [0.15, 0.2) is 0 Å². The van der Waals surface area contributed by atoms with E-state index in [0.717, 1.165) is 13.1 Å². The molecule has 0 atom stereocenters. The fourth-order valence-corrected chi connectivity index (χ4v) is 2.37. The van der Waals surface area contributed by atoms with Crippen molar-refractivity contribution in [1.82, 2.24) is 10.3 Å². The Morgan fingerprint density at radius 2 is 1.68 bits per heavy atom. The lowest BCUT2D eigenvalue weighted by Crippen LogP contribution is -2.58. The molecule has 0 saturated heterocycles. The smallest absolute Gasteiger partial charge is 0.347 e. The molecule has 0 aliphatic heterocycles. The molecule has 120 valence electrons. The van der Waals surface area contributed by atoms with Crippen LogP contribution in [0.4, 0.5) is 4.39 Å². The van der Waals surface area contributed by atoms with Crippen LogP contribution in [0.5, 0.6) is 0 Å². The van der Waals surface area contributed by atoms with Crippen molar-refractivity contribution in [2.24, 2.45) is 0 Å². The molecular weight excluding hydrogens is 295 g/mol. The molecule has 1 heterocycles. The quantitative estimate of drug-likeness (QED) is 0.670. The first-order valence-corrected chi connectivity index (χ1v) is 6.64. The third kappa shape index (κ3) is 2.76. The first kappa shape index (κ1) is 17.5. The summed E-state index contributed by atoms with van der Waals surface area (Å²) in [5.74, 6) is -5.09. The van der Waals surface area contributed by atoms with E-state index in [-0.39, 0.29) is 29.7 Å². The maximum Gasteiger partial charge on any atom is 0.347 e. The van der Waals surface area contributed by atoms with Gasteiger partial charge in [-0.2, -0.15) is 0 Å². The van der Waals surface area contributed by atoms with Crippen LogP contribution in [0.3, 0.4) is 0 Å². The fourth-order valence-electron chi connectivity index (χ4n) is 2.37. The van der Waals surface area contributed by atoms with Crippen LogP contribution in [0.1, 0.15) is 37.6 Å². The van der Waals surface area contributed by atoms with Gasteiger partial charge in [-0.25, -0.2) is 14.0 Å². The van der Waals surface area contributed by atoms with Gasteiger partial charge in [0.05, 0.1) is 11.9 Å². The first-order valence-electron chi connectivity index (χ1n) is 6.64. The van der Waals surface area contributed by atoms with Gasteiger partial charge >= 0.3 is 11.9 Å². The van der Waals surface area contributed by atoms with E-state index in [9.17, 15) is 29.0 Å². The third-order valence-electron chi connectivity index (χ3n) is 3.31. The second kappa shape index (κ2) is 6.50. The van der Waals surface area contributed by atoms with Crippen LogP contribution >= 0.6 is 0 Å². The summed E-state index contributed by atoms with van der Waals surface area (Å²) in [4.78, 5) is 38.2. The molecule has 3 N–H and O–H groups in total. The van der Waals surface area contributed by atoms with E-state index in [0.29, 0.717) is 0 Å². The standard InChI is InChI=1S/C14H17FN2O5/c1-4-8-9(5-2)11(16-6-10(8)15)14(12(19)20,13(21)22)17-7(3)18/h6H,4-5H2,1-3H3,(H,17,18)(H,19,20)(H,21,22). The predicted octanol–water partition coefficient (Wildman–Crippen LogP) is 0.846. The van der Waals surface area contributed by atoms with Crippen molar-refractivity contribution >= 4 is 17.8 Å². The van der Waals surface area contributed by atoms with Gasteiger partial charge in [-0.05, 0) is 24.0 Å². The minimum absolute atomic E-state index is 0.168. The molecule has 0 aromatic carbocycles. The highest BCUT2D eigenvalue weighted by Crippen LogP contribution is 2.28. The highest BCUT2D eigenvalue weighted by molar-refractivity contribution is 6.06. The molecule has 1 aromatic rings. The van der Waals surface area contributed by atoms with E-state index in [2.05, 4.69) is 4.98 Å². The van der Waals surface area contributed by atoms with E-state index in [1.54, 1.807) is 13.8 Å². The van der Waals surface area contributed by atoms with Crippen molar-refractivity contribution in [2.45, 2.75) is 39.2 Å². The second-order valence-corrected chi connectivity index (χ2v) is 4.66. The Balaban J connectivity index is 3.80. The summed E-state index contributed by atoms with van der Waals surface area (Å²) in [6, 6.07) is 0. The molecular formula is C14H17FN2O5. The van der Waals surface area contributed by atoms with Crippen molar-refractivity contribution in [2.75, 3.05) is 0 Å². The number of nitrogens with one attached hydrogen (secondary N) is 1. The maximum atomic E-state index is 13.8. The minimum atomic E-state index is -2.76. The van der Waals surface area contributed by atoms with Crippen molar-refractivity contribution in [3.05, 3.63) is 28.8 Å². The van der Waals surface area contributed by atoms with Gasteiger partial charge in [0.25, 0.3) is 5.54 Å². The van der Waals surface area contributed by atoms with Gasteiger partial charge in [0, 0.05) is 6.92 Å². The number of nitrogens with zero attached hydrogens (tertiary/aromatic N) is 1. The van der Waals surface area contributed by atoms with Crippen LogP contribution in [-0.2, 0) is 32.8 Å². The molecule has 7 nitrogen and oxygen atoms in total. The van der Waals surface area contributed by atoms with Crippen molar-refractivity contribution in [3.63, 3.8) is 0 Å². The number of hydrogen-bond acceptors (Lipinski definition) is 4. The molecule has 0 aliphatic rings. The van der Waals surface area contributed by atoms with Crippen LogP contribution in [0.15, 0.2) is 6.20 Å². The summed E-state index contributed by atoms with van der Waals surface area (Å²) in [7, 11) is 0. The summed E-state index contributed by atoms with van der Waals surface area (Å²) < 4.78 is 13.8. The molecule has 1 aromatic heterocycles. The summed E-state index contributed by atoms with van der Waals surface area (Å²) in [6.07, 6.45) is 1.18. The molecule has 22 heavy (non-hydrogen) atoms. The number of aromatic nitrogens is 1. The molecule has 0 spiro atoms. The van der Waals surface area contributed by atoms with Crippen molar-refractivity contribution in [1.29, 1.82) is 0 Å². The molecule has 0 aliphatic carbocycles. The number of carbonyl (C=O) groups excluding carboxylic acids is 1. The number of hydrogen-bond donors (Lipinski definition) is 3. The largest absolute Gasteiger partial charge is 0.479 e. The SMILES string of the molecule is CCc1c(F)cnc(C(NC(C)=O)(C(=O)O)C(=O)O)c1CC. The fraction of sp³-hybridized carbons (Fsp3) is 0.429. The normalized spacial score (nSPS) is 11.1. The average Bonchev–Trinajstić information content (AvgIpc) is 2.43. The van der Waals surface area contributed by atoms with Gasteiger partial charge in [0.1, 0.15) is 5.82 Å². The maximum absolute atomic E-state index is 13.8. The van der Waals surface area contributed by atoms with E-state index in [1.165, 1.54) is 0 Å². The summed E-state index contributed by atoms with van der Waals surface area (Å²) in [5.41, 5.74) is -2.79. The molecule has 1 amide bonds. The molecule has 0 saturated carbocycles. The van der Waals surface area contributed by atoms with E-state index in [4.69, 9.17) is 0 Å². The molecule has 0 bridgehead atoms. The second-order valence-electron chi connectivity index (χ2n) is 4.66. The minimum Gasteiger partial charge on any atom is -0.479 e. The molecule has 0 radical (unpaired) electrons. The highest BCUT2D eigenvalue weighted by atomic mass is 19.1. The Hall–Kier alpha value is -2.51. The number of aliphatic carboxylic acids is 2. The van der Waals surface area contributed by atoms with Gasteiger partial charge in [0.2, 0.25) is 5.91 Å². The van der Waals surface area contributed by atoms with Crippen LogP contribution in [0.25, 0.3) is 0 Å². The lowest BCUT2D eigenvalue weighted by atomic mass is 9.87. The van der Waals surface area contributed by atoms with Gasteiger partial charge in [-0.15, -0.1) is 0 Å². The van der Waals surface area contributed by atoms with Crippen molar-refractivity contribution < 1.29 is 29.0 Å². The Kier molecular flexibility index (Phi) is 5.19. The van der Waals surface area contributed by atoms with Gasteiger partial charge in [-0.1, -0.05) is 13.8 Å². The zero-order chi connectivity index (χ0) is 17.1. The van der Waals surface area contributed by atoms with Gasteiger partial charge < -0.3 is 15.5 Å². The van der Waals surface area contributed by atoms with Crippen molar-refractivity contribution in [3.8, 4) is 0 Å². The van der Waals surface area contributed by atoms with Crippen LogP contribution in [0.2, 0.25) is 0 Å². The Bertz CT molecular complexity index is 616. The topological polar surface area (TPSA) is 117 Å². The number of pyridine rings is 1. The predicted molar refractivity (Wildman–Crippen MR) is 73.7 cm³/mol. The lowest BCUT2D eigenvalue weighted by molar-refractivity contribution is -0.162. The highest BCUT2D eigenvalue weighted by Gasteiger charge is 2.52. The Labute approximate surface area is 126 Å². The third-order valence-corrected chi connectivity index (χ3v) is 3.31. The van der Waals surface area contributed by atoms with E-state index >= 15 is 0 Å². The lowest BCUT2D eigenvalue weighted by Gasteiger charge is -2.28. The summed E-state index contributed by atoms with van der Waals surface area (Å²) in [6.45, 7) is 4.28. The van der Waals surface area contributed by atoms with Crippen LogP contribution in [0, 0.1) is 5.82 Å². The molecule has 8 heteroatoms. The first-order chi connectivity index (χ1) is 10.2. The number of halogens is 1. The van der Waals surface area contributed by atoms with Gasteiger partial charge in [-0.3, -0.25) is 9.78 Å². The van der Waals surface area contributed by atoms with Crippen LogP contribution < -0.4 is 5.32 Å². The molecule has 1 rings (SSSR count). The van der Waals surface area contributed by atoms with Crippen LogP contribution in [-0.4, -0.2) is 33.0 Å². The average molecular weight is 312 g/mol. The number of carboxylic acid groups (broad SMARTS) is 2. The Morgan fingerprint density at radius 3 is 2.05 bits per heavy atom. The van der Waals surface area contributed by atoms with E-state index < -0.39 is 29.2 Å². The summed E-state index contributed by atoms with van der Waals surface area (Å²) >= 11 is 0. The molecule has 0 unspecified atom stereocenters. The monoisotopic (exact) mass is 312 g/mol. The Morgan fingerprint density at radius 1 is 1.18 bits per heavy atom.